The number of sulfonamides is 1. The van der Waals surface area contributed by atoms with Crippen LogP contribution in [0.3, 0.4) is 0 Å². The molecule has 3 aromatic rings. The quantitative estimate of drug-likeness (QED) is 0.753. The summed E-state index contributed by atoms with van der Waals surface area (Å²) in [6.07, 6.45) is 0. The zero-order valence-electron chi connectivity index (χ0n) is 14.0. The summed E-state index contributed by atoms with van der Waals surface area (Å²) in [7, 11) is -3.66. The van der Waals surface area contributed by atoms with Crippen LogP contribution in [0.2, 0.25) is 0 Å². The van der Waals surface area contributed by atoms with Gasteiger partial charge in [0.1, 0.15) is 0 Å². The van der Waals surface area contributed by atoms with Crippen LogP contribution in [-0.2, 0) is 15.8 Å². The van der Waals surface area contributed by atoms with E-state index >= 15 is 0 Å². The van der Waals surface area contributed by atoms with Crippen molar-refractivity contribution in [2.24, 2.45) is 0 Å². The Morgan fingerprint density at radius 2 is 1.42 bits per heavy atom. The highest BCUT2D eigenvalue weighted by atomic mass is 32.2. The van der Waals surface area contributed by atoms with Gasteiger partial charge >= 0.3 is 0 Å². The van der Waals surface area contributed by atoms with Gasteiger partial charge in [-0.3, -0.25) is 4.72 Å². The molecule has 132 valence electrons. The van der Waals surface area contributed by atoms with Crippen LogP contribution in [0.5, 0.6) is 11.5 Å². The number of rotatable bonds is 4. The molecule has 5 nitrogen and oxygen atoms in total. The molecule has 4 rings (SSSR count). The first kappa shape index (κ1) is 16.5. The maximum Gasteiger partial charge on any atom is 0.275 e. The zero-order chi connectivity index (χ0) is 18.2. The summed E-state index contributed by atoms with van der Waals surface area (Å²) in [5.74, 6) is 0.115. The Morgan fingerprint density at radius 3 is 2.12 bits per heavy atom. The minimum atomic E-state index is -3.66. The van der Waals surface area contributed by atoms with E-state index in [0.717, 1.165) is 5.56 Å². The van der Waals surface area contributed by atoms with Crippen molar-refractivity contribution in [1.82, 2.24) is 0 Å². The fourth-order valence-electron chi connectivity index (χ4n) is 2.85. The average molecular weight is 367 g/mol. The van der Waals surface area contributed by atoms with Crippen LogP contribution in [0, 0.1) is 0 Å². The third-order valence-electron chi connectivity index (χ3n) is 4.16. The molecule has 0 bridgehead atoms. The molecule has 1 atom stereocenters. The molecule has 0 radical (unpaired) electrons. The molecule has 0 aromatic heterocycles. The van der Waals surface area contributed by atoms with Crippen molar-refractivity contribution in [3.05, 3.63) is 84.4 Å². The molecule has 6 heteroatoms. The Kier molecular flexibility index (Phi) is 3.85. The Balaban J connectivity index is 1.60. The second-order valence-corrected chi connectivity index (χ2v) is 7.78. The summed E-state index contributed by atoms with van der Waals surface area (Å²) < 4.78 is 39.4. The van der Waals surface area contributed by atoms with E-state index in [1.54, 1.807) is 48.5 Å². The number of fused-ring (bicyclic) bond motifs is 1. The van der Waals surface area contributed by atoms with E-state index in [1.807, 2.05) is 37.3 Å². The van der Waals surface area contributed by atoms with Crippen molar-refractivity contribution in [3.63, 3.8) is 0 Å². The topological polar surface area (TPSA) is 64.6 Å². The van der Waals surface area contributed by atoms with Gasteiger partial charge in [-0.2, -0.15) is 0 Å². The first-order valence-corrected chi connectivity index (χ1v) is 9.60. The van der Waals surface area contributed by atoms with Crippen molar-refractivity contribution >= 4 is 15.7 Å². The van der Waals surface area contributed by atoms with Gasteiger partial charge in [0.2, 0.25) is 0 Å². The Labute approximate surface area is 152 Å². The lowest BCUT2D eigenvalue weighted by Crippen LogP contribution is -2.31. The minimum absolute atomic E-state index is 0.201. The molecular formula is C20H17NO4S. The number of anilines is 1. The summed E-state index contributed by atoms with van der Waals surface area (Å²) in [5.41, 5.74) is 1.29. The molecular weight excluding hydrogens is 350 g/mol. The molecule has 1 aliphatic rings. The molecule has 1 N–H and O–H groups in total. The second-order valence-electron chi connectivity index (χ2n) is 6.10. The van der Waals surface area contributed by atoms with Crippen LogP contribution in [0.1, 0.15) is 12.5 Å². The van der Waals surface area contributed by atoms with E-state index in [0.29, 0.717) is 17.2 Å². The SMILES string of the molecule is CC1(c2ccccc2)Oc2ccc(NS(=O)(=O)c3ccccc3)cc2O1. The van der Waals surface area contributed by atoms with Crippen molar-refractivity contribution in [3.8, 4) is 11.5 Å². The predicted octanol–water partition coefficient (Wildman–Crippen LogP) is 4.13. The molecule has 1 aliphatic heterocycles. The van der Waals surface area contributed by atoms with Crippen LogP contribution in [0.4, 0.5) is 5.69 Å². The standard InChI is InChI=1S/C20H17NO4S/c1-20(15-8-4-2-5-9-15)24-18-13-12-16(14-19(18)25-20)21-26(22,23)17-10-6-3-7-11-17/h2-14,21H,1H3. The van der Waals surface area contributed by atoms with Crippen LogP contribution in [0.25, 0.3) is 0 Å². The highest BCUT2D eigenvalue weighted by Gasteiger charge is 2.38. The summed E-state index contributed by atoms with van der Waals surface area (Å²) >= 11 is 0. The van der Waals surface area contributed by atoms with Crippen molar-refractivity contribution in [2.75, 3.05) is 4.72 Å². The highest BCUT2D eigenvalue weighted by molar-refractivity contribution is 7.92. The first-order chi connectivity index (χ1) is 12.5. The fraction of sp³-hybridized carbons (Fsp3) is 0.100. The van der Waals surface area contributed by atoms with Gasteiger partial charge in [-0.25, -0.2) is 8.42 Å². The Hall–Kier alpha value is -2.99. The summed E-state index contributed by atoms with van der Waals surface area (Å²) in [6, 6.07) is 22.8. The molecule has 1 unspecified atom stereocenters. The Morgan fingerprint density at radius 1 is 0.808 bits per heavy atom. The number of hydrogen-bond acceptors (Lipinski definition) is 4. The molecule has 3 aromatic carbocycles. The largest absolute Gasteiger partial charge is 0.445 e. The van der Waals surface area contributed by atoms with Gasteiger partial charge in [0, 0.05) is 18.6 Å². The smallest absolute Gasteiger partial charge is 0.275 e. The van der Waals surface area contributed by atoms with Crippen LogP contribution in [0.15, 0.2) is 83.8 Å². The van der Waals surface area contributed by atoms with Gasteiger partial charge in [0.05, 0.1) is 10.6 Å². The lowest BCUT2D eigenvalue weighted by atomic mass is 10.1. The Bertz CT molecular complexity index is 1040. The maximum atomic E-state index is 12.5. The van der Waals surface area contributed by atoms with Gasteiger partial charge in [0.15, 0.2) is 11.5 Å². The van der Waals surface area contributed by atoms with Gasteiger partial charge in [-0.1, -0.05) is 48.5 Å². The molecule has 0 spiro atoms. The lowest BCUT2D eigenvalue weighted by Gasteiger charge is -2.23. The minimum Gasteiger partial charge on any atom is -0.445 e. The number of benzene rings is 3. The summed E-state index contributed by atoms with van der Waals surface area (Å²) in [6.45, 7) is 1.83. The lowest BCUT2D eigenvalue weighted by molar-refractivity contribution is -0.0680. The van der Waals surface area contributed by atoms with Crippen LogP contribution >= 0.6 is 0 Å². The van der Waals surface area contributed by atoms with E-state index in [9.17, 15) is 8.42 Å². The van der Waals surface area contributed by atoms with Crippen molar-refractivity contribution < 1.29 is 17.9 Å². The molecule has 0 amide bonds. The molecule has 0 saturated carbocycles. The monoisotopic (exact) mass is 367 g/mol. The zero-order valence-corrected chi connectivity index (χ0v) is 14.9. The van der Waals surface area contributed by atoms with Gasteiger partial charge in [-0.15, -0.1) is 0 Å². The predicted molar refractivity (Wildman–Crippen MR) is 98.7 cm³/mol. The highest BCUT2D eigenvalue weighted by Crippen LogP contribution is 2.45. The number of nitrogens with one attached hydrogen (secondary N) is 1. The van der Waals surface area contributed by atoms with Crippen LogP contribution in [-0.4, -0.2) is 8.42 Å². The number of ether oxygens (including phenoxy) is 2. The molecule has 0 fully saturated rings. The van der Waals surface area contributed by atoms with E-state index in [1.165, 1.54) is 0 Å². The van der Waals surface area contributed by atoms with E-state index < -0.39 is 15.8 Å². The normalized spacial score (nSPS) is 18.5. The number of hydrogen-bond donors (Lipinski definition) is 1. The van der Waals surface area contributed by atoms with Gasteiger partial charge in [0.25, 0.3) is 15.8 Å². The third kappa shape index (κ3) is 2.99. The van der Waals surface area contributed by atoms with Gasteiger partial charge < -0.3 is 9.47 Å². The molecule has 0 saturated heterocycles. The van der Waals surface area contributed by atoms with E-state index in [-0.39, 0.29) is 4.90 Å². The second kappa shape index (κ2) is 6.07. The van der Waals surface area contributed by atoms with Gasteiger partial charge in [-0.05, 0) is 24.3 Å². The summed E-state index contributed by atoms with van der Waals surface area (Å²) in [4.78, 5) is 0.201. The molecule has 1 heterocycles. The maximum absolute atomic E-state index is 12.5. The fourth-order valence-corrected chi connectivity index (χ4v) is 3.92. The molecule has 26 heavy (non-hydrogen) atoms. The molecule has 0 aliphatic carbocycles. The first-order valence-electron chi connectivity index (χ1n) is 8.12. The van der Waals surface area contributed by atoms with E-state index in [2.05, 4.69) is 4.72 Å². The average Bonchev–Trinajstić information content (AvgIpc) is 3.00. The van der Waals surface area contributed by atoms with Crippen molar-refractivity contribution in [1.29, 1.82) is 0 Å². The summed E-state index contributed by atoms with van der Waals surface area (Å²) in [5, 5.41) is 0. The van der Waals surface area contributed by atoms with Crippen molar-refractivity contribution in [2.45, 2.75) is 17.6 Å². The van der Waals surface area contributed by atoms with E-state index in [4.69, 9.17) is 9.47 Å². The third-order valence-corrected chi connectivity index (χ3v) is 5.55. The van der Waals surface area contributed by atoms with Crippen LogP contribution < -0.4 is 14.2 Å².